The summed E-state index contributed by atoms with van der Waals surface area (Å²) >= 11 is 0. The van der Waals surface area contributed by atoms with Crippen LogP contribution in [0.15, 0.2) is 0 Å². The highest BCUT2D eigenvalue weighted by atomic mass is 16.3. The zero-order chi connectivity index (χ0) is 18.6. The van der Waals surface area contributed by atoms with E-state index in [9.17, 15) is 9.90 Å². The van der Waals surface area contributed by atoms with Gasteiger partial charge >= 0.3 is 0 Å². The lowest BCUT2D eigenvalue weighted by Gasteiger charge is -2.39. The van der Waals surface area contributed by atoms with Crippen LogP contribution >= 0.6 is 0 Å². The second-order valence-electron chi connectivity index (χ2n) is 8.24. The number of piperidine rings is 1. The molecule has 6 nitrogen and oxygen atoms in total. The number of carbonyl (C=O) groups is 1. The summed E-state index contributed by atoms with van der Waals surface area (Å²) in [6.45, 7) is 6.46. The van der Waals surface area contributed by atoms with E-state index in [-0.39, 0.29) is 5.91 Å². The van der Waals surface area contributed by atoms with Gasteiger partial charge in [-0.2, -0.15) is 5.10 Å². The normalized spacial score (nSPS) is 25.0. The van der Waals surface area contributed by atoms with Crippen molar-refractivity contribution in [2.24, 2.45) is 5.92 Å². The third kappa shape index (κ3) is 4.46. The first-order chi connectivity index (χ1) is 12.5. The number of rotatable bonds is 7. The van der Waals surface area contributed by atoms with Gasteiger partial charge in [0.25, 0.3) is 5.91 Å². The number of amides is 1. The van der Waals surface area contributed by atoms with E-state index < -0.39 is 5.60 Å². The van der Waals surface area contributed by atoms with E-state index in [0.717, 1.165) is 48.8 Å². The molecule has 0 aromatic carbocycles. The van der Waals surface area contributed by atoms with Gasteiger partial charge in [-0.25, -0.2) is 0 Å². The Labute approximate surface area is 156 Å². The van der Waals surface area contributed by atoms with Crippen molar-refractivity contribution in [3.8, 4) is 0 Å². The number of aromatic nitrogens is 2. The summed E-state index contributed by atoms with van der Waals surface area (Å²) in [6.07, 6.45) is 9.14. The zero-order valence-corrected chi connectivity index (χ0v) is 16.3. The number of carbonyl (C=O) groups excluding carboxylic acids is 1. The number of H-pyrrole nitrogens is 1. The number of nitrogens with one attached hydrogen (secondary N) is 2. The molecule has 0 bridgehead atoms. The second-order valence-corrected chi connectivity index (χ2v) is 8.24. The van der Waals surface area contributed by atoms with Crippen LogP contribution in [0.4, 0.5) is 0 Å². The molecule has 146 valence electrons. The molecule has 2 aliphatic rings. The van der Waals surface area contributed by atoms with Gasteiger partial charge in [0.15, 0.2) is 5.60 Å². The highest BCUT2D eigenvalue weighted by Gasteiger charge is 2.41. The third-order valence-corrected chi connectivity index (χ3v) is 6.24. The van der Waals surface area contributed by atoms with E-state index in [4.69, 9.17) is 0 Å². The van der Waals surface area contributed by atoms with Crippen LogP contribution in [0.3, 0.4) is 0 Å². The van der Waals surface area contributed by atoms with Gasteiger partial charge in [0.05, 0.1) is 5.69 Å². The van der Waals surface area contributed by atoms with Gasteiger partial charge in [-0.1, -0.05) is 32.1 Å². The molecule has 1 atom stereocenters. The Balaban J connectivity index is 1.50. The van der Waals surface area contributed by atoms with Crippen molar-refractivity contribution in [1.29, 1.82) is 0 Å². The molecule has 1 aromatic heterocycles. The van der Waals surface area contributed by atoms with Crippen molar-refractivity contribution >= 4 is 5.91 Å². The summed E-state index contributed by atoms with van der Waals surface area (Å²) in [5.74, 6) is 0.671. The molecule has 0 unspecified atom stereocenters. The molecule has 2 heterocycles. The van der Waals surface area contributed by atoms with Crippen LogP contribution in [0, 0.1) is 19.8 Å². The highest BCUT2D eigenvalue weighted by molar-refractivity contribution is 5.86. The Hall–Kier alpha value is -1.40. The molecule has 2 fully saturated rings. The van der Waals surface area contributed by atoms with Gasteiger partial charge in [-0.15, -0.1) is 0 Å². The largest absolute Gasteiger partial charge is 0.379 e. The number of aryl methyl sites for hydroxylation is 2. The maximum atomic E-state index is 12.9. The standard InChI is InChI=1S/C20H34N4O2/c1-15-18(16(2)23-22-15)13-21-14-20(26)10-6-11-24(19(20)25)12-9-17-7-4-3-5-8-17/h17,21,26H,3-14H2,1-2H3,(H,22,23)/t20-/m1/s1. The third-order valence-electron chi connectivity index (χ3n) is 6.24. The highest BCUT2D eigenvalue weighted by Crippen LogP contribution is 2.28. The summed E-state index contributed by atoms with van der Waals surface area (Å²) in [5, 5.41) is 21.4. The molecule has 3 rings (SSSR count). The molecular weight excluding hydrogens is 328 g/mol. The fourth-order valence-corrected chi connectivity index (χ4v) is 4.49. The molecule has 6 heteroatoms. The van der Waals surface area contributed by atoms with Crippen LogP contribution in [-0.2, 0) is 11.3 Å². The van der Waals surface area contributed by atoms with Gasteiger partial charge in [0, 0.05) is 37.4 Å². The van der Waals surface area contributed by atoms with Crippen molar-refractivity contribution in [3.63, 3.8) is 0 Å². The van der Waals surface area contributed by atoms with Gasteiger partial charge in [0.1, 0.15) is 0 Å². The Morgan fingerprint density at radius 1 is 1.27 bits per heavy atom. The van der Waals surface area contributed by atoms with E-state index in [1.165, 1.54) is 32.1 Å². The molecule has 1 saturated heterocycles. The SMILES string of the molecule is Cc1n[nH]c(C)c1CNC[C@]1(O)CCCN(CCC2CCCCC2)C1=O. The first kappa shape index (κ1) is 19.4. The number of nitrogens with zero attached hydrogens (tertiary/aromatic N) is 2. The van der Waals surface area contributed by atoms with Crippen LogP contribution in [0.2, 0.25) is 0 Å². The first-order valence-corrected chi connectivity index (χ1v) is 10.2. The molecule has 1 aliphatic heterocycles. The fraction of sp³-hybridized carbons (Fsp3) is 0.800. The fourth-order valence-electron chi connectivity index (χ4n) is 4.49. The first-order valence-electron chi connectivity index (χ1n) is 10.2. The van der Waals surface area contributed by atoms with Gasteiger partial charge in [-0.05, 0) is 39.0 Å². The summed E-state index contributed by atoms with van der Waals surface area (Å²) in [4.78, 5) is 14.8. The van der Waals surface area contributed by atoms with Crippen molar-refractivity contribution in [3.05, 3.63) is 17.0 Å². The quantitative estimate of drug-likeness (QED) is 0.696. The lowest BCUT2D eigenvalue weighted by atomic mass is 9.86. The lowest BCUT2D eigenvalue weighted by Crippen LogP contribution is -2.58. The number of hydrogen-bond donors (Lipinski definition) is 3. The smallest absolute Gasteiger partial charge is 0.255 e. The Bertz CT molecular complexity index is 589. The molecule has 1 aromatic rings. The van der Waals surface area contributed by atoms with Gasteiger partial charge in [0.2, 0.25) is 0 Å². The van der Waals surface area contributed by atoms with E-state index in [1.807, 2.05) is 18.7 Å². The van der Waals surface area contributed by atoms with Crippen molar-refractivity contribution in [2.75, 3.05) is 19.6 Å². The van der Waals surface area contributed by atoms with Crippen molar-refractivity contribution in [1.82, 2.24) is 20.4 Å². The maximum absolute atomic E-state index is 12.9. The molecule has 26 heavy (non-hydrogen) atoms. The molecule has 3 N–H and O–H groups in total. The number of hydrogen-bond acceptors (Lipinski definition) is 4. The van der Waals surface area contributed by atoms with Crippen LogP contribution in [0.5, 0.6) is 0 Å². The Kier molecular flexibility index (Phi) is 6.35. The van der Waals surface area contributed by atoms with E-state index in [1.54, 1.807) is 0 Å². The summed E-state index contributed by atoms with van der Waals surface area (Å²) in [5.41, 5.74) is 1.85. The summed E-state index contributed by atoms with van der Waals surface area (Å²) in [7, 11) is 0. The molecule has 1 amide bonds. The van der Waals surface area contributed by atoms with E-state index in [0.29, 0.717) is 19.5 Å². The summed E-state index contributed by atoms with van der Waals surface area (Å²) < 4.78 is 0. The minimum Gasteiger partial charge on any atom is -0.379 e. The molecular formula is C20H34N4O2. The van der Waals surface area contributed by atoms with Crippen LogP contribution in [0.1, 0.15) is 68.3 Å². The molecule has 0 radical (unpaired) electrons. The molecule has 1 aliphatic carbocycles. The van der Waals surface area contributed by atoms with E-state index >= 15 is 0 Å². The van der Waals surface area contributed by atoms with Crippen LogP contribution in [0.25, 0.3) is 0 Å². The van der Waals surface area contributed by atoms with Crippen molar-refractivity contribution < 1.29 is 9.90 Å². The average Bonchev–Trinajstić information content (AvgIpc) is 2.96. The predicted molar refractivity (Wildman–Crippen MR) is 102 cm³/mol. The van der Waals surface area contributed by atoms with Gasteiger partial charge in [-0.3, -0.25) is 9.89 Å². The van der Waals surface area contributed by atoms with E-state index in [2.05, 4.69) is 15.5 Å². The maximum Gasteiger partial charge on any atom is 0.255 e. The predicted octanol–water partition coefficient (Wildman–Crippen LogP) is 2.44. The van der Waals surface area contributed by atoms with Crippen LogP contribution < -0.4 is 5.32 Å². The monoisotopic (exact) mass is 362 g/mol. The number of likely N-dealkylation sites (tertiary alicyclic amines) is 1. The lowest BCUT2D eigenvalue weighted by molar-refractivity contribution is -0.156. The number of aliphatic hydroxyl groups is 1. The van der Waals surface area contributed by atoms with Crippen molar-refractivity contribution in [2.45, 2.75) is 77.4 Å². The minimum absolute atomic E-state index is 0.0901. The van der Waals surface area contributed by atoms with Gasteiger partial charge < -0.3 is 15.3 Å². The zero-order valence-electron chi connectivity index (χ0n) is 16.3. The minimum atomic E-state index is -1.27. The molecule has 1 saturated carbocycles. The summed E-state index contributed by atoms with van der Waals surface area (Å²) in [6, 6.07) is 0. The van der Waals surface area contributed by atoms with Crippen LogP contribution in [-0.4, -0.2) is 51.3 Å². The topological polar surface area (TPSA) is 81.2 Å². The molecule has 0 spiro atoms. The average molecular weight is 363 g/mol. The number of aromatic amines is 1. The second kappa shape index (κ2) is 8.53. The Morgan fingerprint density at radius 2 is 2.04 bits per heavy atom. The Morgan fingerprint density at radius 3 is 2.73 bits per heavy atom.